The van der Waals surface area contributed by atoms with E-state index < -0.39 is 13.3 Å². The highest BCUT2D eigenvalue weighted by atomic mass is 35.5. The molecule has 0 bridgehead atoms. The third kappa shape index (κ3) is 3.77. The molecule has 0 spiro atoms. The third-order valence-electron chi connectivity index (χ3n) is 2.13. The van der Waals surface area contributed by atoms with E-state index in [-0.39, 0.29) is 19.0 Å². The van der Waals surface area contributed by atoms with Crippen molar-refractivity contribution < 1.29 is 19.1 Å². The predicted molar refractivity (Wildman–Crippen MR) is 64.1 cm³/mol. The molecule has 0 radical (unpaired) electrons. The monoisotopic (exact) mass is 267 g/mol. The van der Waals surface area contributed by atoms with Crippen molar-refractivity contribution in [3.05, 3.63) is 29.8 Å². The van der Waals surface area contributed by atoms with Gasteiger partial charge in [-0.3, -0.25) is 4.57 Å². The Morgan fingerprint density at radius 3 is 2.19 bits per heavy atom. The predicted octanol–water partition coefficient (Wildman–Crippen LogP) is 1.29. The van der Waals surface area contributed by atoms with Crippen LogP contribution in [0.3, 0.4) is 0 Å². The van der Waals surface area contributed by atoms with Crippen molar-refractivity contribution in [2.75, 3.05) is 13.7 Å². The SMILES string of the molecule is COc1ccc(C(CN)P(=O)(O)O)cc1.Cl. The second kappa shape index (κ2) is 6.23. The first-order valence-corrected chi connectivity index (χ1v) is 6.06. The number of methoxy groups -OCH3 is 1. The van der Waals surface area contributed by atoms with Crippen LogP contribution in [-0.4, -0.2) is 23.4 Å². The first-order valence-electron chi connectivity index (χ1n) is 4.38. The molecule has 0 saturated heterocycles. The quantitative estimate of drug-likeness (QED) is 0.715. The lowest BCUT2D eigenvalue weighted by Crippen LogP contribution is -2.12. The van der Waals surface area contributed by atoms with Gasteiger partial charge >= 0.3 is 7.60 Å². The van der Waals surface area contributed by atoms with Crippen LogP contribution in [0.15, 0.2) is 24.3 Å². The van der Waals surface area contributed by atoms with Crippen LogP contribution in [0.4, 0.5) is 0 Å². The van der Waals surface area contributed by atoms with Crippen LogP contribution in [0.2, 0.25) is 0 Å². The minimum Gasteiger partial charge on any atom is -0.497 e. The summed E-state index contributed by atoms with van der Waals surface area (Å²) in [5.74, 6) is 0.639. The Bertz CT molecular complexity index is 364. The van der Waals surface area contributed by atoms with Crippen molar-refractivity contribution in [3.8, 4) is 5.75 Å². The lowest BCUT2D eigenvalue weighted by Gasteiger charge is -2.16. The molecule has 0 aromatic heterocycles. The normalized spacial score (nSPS) is 12.8. The Hall–Kier alpha value is -0.580. The number of benzene rings is 1. The van der Waals surface area contributed by atoms with Gasteiger partial charge in [0.1, 0.15) is 5.75 Å². The maximum absolute atomic E-state index is 11.1. The van der Waals surface area contributed by atoms with E-state index >= 15 is 0 Å². The standard InChI is InChI=1S/C9H14NO4P.ClH/c1-14-8-4-2-7(3-5-8)9(6-10)15(11,12)13;/h2-5,9H,6,10H2,1H3,(H2,11,12,13);1H. The van der Waals surface area contributed by atoms with Gasteiger partial charge in [-0.05, 0) is 17.7 Å². The van der Waals surface area contributed by atoms with E-state index in [4.69, 9.17) is 20.3 Å². The van der Waals surface area contributed by atoms with Gasteiger partial charge in [0.15, 0.2) is 0 Å². The number of rotatable bonds is 4. The number of hydrogen-bond acceptors (Lipinski definition) is 3. The summed E-state index contributed by atoms with van der Waals surface area (Å²) in [4.78, 5) is 18.1. The van der Waals surface area contributed by atoms with Crippen molar-refractivity contribution >= 4 is 20.0 Å². The van der Waals surface area contributed by atoms with Crippen LogP contribution in [0.25, 0.3) is 0 Å². The average molecular weight is 268 g/mol. The van der Waals surface area contributed by atoms with Gasteiger partial charge in [0.25, 0.3) is 0 Å². The van der Waals surface area contributed by atoms with E-state index in [1.807, 2.05) is 0 Å². The zero-order valence-electron chi connectivity index (χ0n) is 8.74. The molecule has 0 heterocycles. The summed E-state index contributed by atoms with van der Waals surface area (Å²) < 4.78 is 16.0. The Kier molecular flexibility index (Phi) is 6.00. The maximum Gasteiger partial charge on any atom is 0.334 e. The second-order valence-electron chi connectivity index (χ2n) is 3.11. The summed E-state index contributed by atoms with van der Waals surface area (Å²) in [7, 11) is -2.66. The Morgan fingerprint density at radius 2 is 1.88 bits per heavy atom. The summed E-state index contributed by atoms with van der Waals surface area (Å²) in [6, 6.07) is 6.51. The number of ether oxygens (including phenoxy) is 1. The Morgan fingerprint density at radius 1 is 1.38 bits per heavy atom. The summed E-state index contributed by atoms with van der Waals surface area (Å²) >= 11 is 0. The van der Waals surface area contributed by atoms with Gasteiger partial charge < -0.3 is 20.3 Å². The zero-order chi connectivity index (χ0) is 11.5. The lowest BCUT2D eigenvalue weighted by molar-refractivity contribution is 0.359. The molecule has 0 fully saturated rings. The minimum atomic E-state index is -4.19. The molecule has 5 nitrogen and oxygen atoms in total. The molecule has 0 amide bonds. The lowest BCUT2D eigenvalue weighted by atomic mass is 10.1. The number of hydrogen-bond donors (Lipinski definition) is 3. The fourth-order valence-corrected chi connectivity index (χ4v) is 2.13. The molecule has 1 rings (SSSR count). The molecule has 0 aliphatic rings. The van der Waals surface area contributed by atoms with Crippen LogP contribution < -0.4 is 10.5 Å². The van der Waals surface area contributed by atoms with Crippen molar-refractivity contribution in [1.29, 1.82) is 0 Å². The van der Waals surface area contributed by atoms with Crippen molar-refractivity contribution in [3.63, 3.8) is 0 Å². The summed E-state index contributed by atoms with van der Waals surface area (Å²) in [5.41, 5.74) is 4.92. The highest BCUT2D eigenvalue weighted by molar-refractivity contribution is 7.52. The van der Waals surface area contributed by atoms with Gasteiger partial charge in [-0.1, -0.05) is 12.1 Å². The maximum atomic E-state index is 11.1. The van der Waals surface area contributed by atoms with E-state index in [9.17, 15) is 4.57 Å². The molecule has 1 atom stereocenters. The Balaban J connectivity index is 0.00000225. The molecule has 0 aliphatic carbocycles. The van der Waals surface area contributed by atoms with E-state index in [1.54, 1.807) is 24.3 Å². The molecule has 0 aliphatic heterocycles. The molecule has 1 aromatic rings. The molecular weight excluding hydrogens is 253 g/mol. The smallest absolute Gasteiger partial charge is 0.334 e. The molecule has 92 valence electrons. The van der Waals surface area contributed by atoms with Gasteiger partial charge in [0.05, 0.1) is 12.8 Å². The Labute approximate surface area is 100 Å². The largest absolute Gasteiger partial charge is 0.497 e. The average Bonchev–Trinajstić information content (AvgIpc) is 2.18. The van der Waals surface area contributed by atoms with Crippen LogP contribution in [-0.2, 0) is 4.57 Å². The second-order valence-corrected chi connectivity index (χ2v) is 4.92. The van der Waals surface area contributed by atoms with Crippen LogP contribution in [0.1, 0.15) is 11.2 Å². The van der Waals surface area contributed by atoms with Crippen LogP contribution >= 0.6 is 20.0 Å². The zero-order valence-corrected chi connectivity index (χ0v) is 10.4. The molecule has 7 heteroatoms. The van der Waals surface area contributed by atoms with E-state index in [1.165, 1.54) is 7.11 Å². The topological polar surface area (TPSA) is 92.8 Å². The summed E-state index contributed by atoms with van der Waals surface area (Å²) in [5, 5.41) is 0. The first kappa shape index (κ1) is 15.4. The molecule has 16 heavy (non-hydrogen) atoms. The molecule has 1 unspecified atom stereocenters. The van der Waals surface area contributed by atoms with Gasteiger partial charge in [-0.15, -0.1) is 12.4 Å². The minimum absolute atomic E-state index is 0. The number of halogens is 1. The van der Waals surface area contributed by atoms with Gasteiger partial charge in [-0.2, -0.15) is 0 Å². The fourth-order valence-electron chi connectivity index (χ4n) is 1.29. The summed E-state index contributed by atoms with van der Waals surface area (Å²) in [6.45, 7) is -0.0867. The summed E-state index contributed by atoms with van der Waals surface area (Å²) in [6.07, 6.45) is 0. The highest BCUT2D eigenvalue weighted by Crippen LogP contribution is 2.51. The van der Waals surface area contributed by atoms with E-state index in [2.05, 4.69) is 0 Å². The molecule has 1 aromatic carbocycles. The van der Waals surface area contributed by atoms with Gasteiger partial charge in [-0.25, -0.2) is 0 Å². The van der Waals surface area contributed by atoms with E-state index in [0.29, 0.717) is 11.3 Å². The third-order valence-corrected chi connectivity index (χ3v) is 3.45. The van der Waals surface area contributed by atoms with Crippen molar-refractivity contribution in [1.82, 2.24) is 0 Å². The fraction of sp³-hybridized carbons (Fsp3) is 0.333. The van der Waals surface area contributed by atoms with Gasteiger partial charge in [0, 0.05) is 6.54 Å². The van der Waals surface area contributed by atoms with Crippen molar-refractivity contribution in [2.45, 2.75) is 5.66 Å². The first-order chi connectivity index (χ1) is 6.99. The molecule has 0 saturated carbocycles. The molecule has 4 N–H and O–H groups in total. The van der Waals surface area contributed by atoms with Gasteiger partial charge in [0.2, 0.25) is 0 Å². The van der Waals surface area contributed by atoms with Crippen molar-refractivity contribution in [2.24, 2.45) is 5.73 Å². The van der Waals surface area contributed by atoms with E-state index in [0.717, 1.165) is 0 Å². The number of nitrogens with two attached hydrogens (primary N) is 1. The van der Waals surface area contributed by atoms with Crippen LogP contribution in [0.5, 0.6) is 5.75 Å². The van der Waals surface area contributed by atoms with Crippen LogP contribution in [0, 0.1) is 0 Å². The highest BCUT2D eigenvalue weighted by Gasteiger charge is 2.28. The molecular formula is C9H15ClNO4P.